The highest BCUT2D eigenvalue weighted by Crippen LogP contribution is 2.28. The van der Waals surface area contributed by atoms with Crippen LogP contribution in [0.3, 0.4) is 0 Å². The van der Waals surface area contributed by atoms with Crippen molar-refractivity contribution in [2.45, 2.75) is 32.4 Å². The van der Waals surface area contributed by atoms with Crippen LogP contribution in [0.2, 0.25) is 0 Å². The van der Waals surface area contributed by atoms with E-state index in [2.05, 4.69) is 11.8 Å². The van der Waals surface area contributed by atoms with Gasteiger partial charge in [0.05, 0.1) is 13.2 Å². The van der Waals surface area contributed by atoms with Crippen molar-refractivity contribution in [1.82, 2.24) is 4.90 Å². The molecule has 1 heterocycles. The molecule has 4 heteroatoms. The van der Waals surface area contributed by atoms with E-state index in [0.717, 1.165) is 13.0 Å². The van der Waals surface area contributed by atoms with Crippen LogP contribution < -0.4 is 0 Å². The molecule has 1 fully saturated rings. The number of hydrogen-bond acceptors (Lipinski definition) is 3. The molecule has 1 aliphatic rings. The van der Waals surface area contributed by atoms with E-state index in [1.807, 2.05) is 6.92 Å². The van der Waals surface area contributed by atoms with E-state index in [4.69, 9.17) is 4.74 Å². The van der Waals surface area contributed by atoms with Gasteiger partial charge in [0.2, 0.25) is 0 Å². The number of hydrogen-bond donors (Lipinski definition) is 1. The first-order valence-electron chi connectivity index (χ1n) is 6.45. The Bertz CT molecular complexity index is 411. The second-order valence-electron chi connectivity index (χ2n) is 4.76. The summed E-state index contributed by atoms with van der Waals surface area (Å²) in [5.41, 5.74) is 0.633. The van der Waals surface area contributed by atoms with E-state index < -0.39 is 0 Å². The van der Waals surface area contributed by atoms with Crippen molar-refractivity contribution >= 4 is 0 Å². The molecule has 18 heavy (non-hydrogen) atoms. The molecule has 1 aromatic rings. The van der Waals surface area contributed by atoms with E-state index in [-0.39, 0.29) is 17.6 Å². The molecule has 2 unspecified atom stereocenters. The van der Waals surface area contributed by atoms with Gasteiger partial charge in [-0.2, -0.15) is 0 Å². The number of nitrogens with zero attached hydrogens (tertiary/aromatic N) is 1. The molecule has 2 rings (SSSR count). The summed E-state index contributed by atoms with van der Waals surface area (Å²) in [6, 6.07) is 4.71. The number of aromatic hydroxyl groups is 1. The molecule has 0 saturated carbocycles. The van der Waals surface area contributed by atoms with Crippen molar-refractivity contribution in [2.24, 2.45) is 0 Å². The van der Waals surface area contributed by atoms with Crippen LogP contribution in [-0.4, -0.2) is 35.8 Å². The van der Waals surface area contributed by atoms with Gasteiger partial charge in [0.1, 0.15) is 11.6 Å². The fourth-order valence-corrected chi connectivity index (χ4v) is 2.56. The summed E-state index contributed by atoms with van der Waals surface area (Å²) in [7, 11) is 0. The number of phenols is 1. The van der Waals surface area contributed by atoms with Gasteiger partial charge >= 0.3 is 0 Å². The normalized spacial score (nSPS) is 22.9. The minimum absolute atomic E-state index is 0.000509. The van der Waals surface area contributed by atoms with Crippen LogP contribution in [0.15, 0.2) is 18.2 Å². The fraction of sp³-hybridized carbons (Fsp3) is 0.571. The Morgan fingerprint density at radius 2 is 2.33 bits per heavy atom. The minimum Gasteiger partial charge on any atom is -0.508 e. The van der Waals surface area contributed by atoms with Crippen LogP contribution >= 0.6 is 0 Å². The van der Waals surface area contributed by atoms with Crippen LogP contribution in [0.25, 0.3) is 0 Å². The molecule has 2 atom stereocenters. The smallest absolute Gasteiger partial charge is 0.131 e. The Morgan fingerprint density at radius 1 is 1.56 bits per heavy atom. The van der Waals surface area contributed by atoms with Crippen LogP contribution in [0.1, 0.15) is 31.9 Å². The van der Waals surface area contributed by atoms with Gasteiger partial charge in [-0.3, -0.25) is 4.90 Å². The lowest BCUT2D eigenvalue weighted by Crippen LogP contribution is -2.46. The average molecular weight is 253 g/mol. The maximum absolute atomic E-state index is 13.9. The molecule has 0 bridgehead atoms. The van der Waals surface area contributed by atoms with Crippen LogP contribution in [0, 0.1) is 5.82 Å². The molecule has 1 N–H and O–H groups in total. The van der Waals surface area contributed by atoms with E-state index in [1.165, 1.54) is 12.1 Å². The van der Waals surface area contributed by atoms with Gasteiger partial charge in [-0.15, -0.1) is 0 Å². The van der Waals surface area contributed by atoms with Crippen molar-refractivity contribution in [3.63, 3.8) is 0 Å². The van der Waals surface area contributed by atoms with Gasteiger partial charge < -0.3 is 9.84 Å². The van der Waals surface area contributed by atoms with Gasteiger partial charge in [-0.25, -0.2) is 4.39 Å². The lowest BCUT2D eigenvalue weighted by molar-refractivity contribution is -0.0278. The summed E-state index contributed by atoms with van der Waals surface area (Å²) in [4.78, 5) is 2.28. The monoisotopic (exact) mass is 253 g/mol. The predicted molar refractivity (Wildman–Crippen MR) is 68.1 cm³/mol. The van der Waals surface area contributed by atoms with Crippen molar-refractivity contribution in [3.05, 3.63) is 29.6 Å². The Kier molecular flexibility index (Phi) is 4.19. The summed E-state index contributed by atoms with van der Waals surface area (Å²) in [5.74, 6) is -0.374. The van der Waals surface area contributed by atoms with Gasteiger partial charge in [-0.05, 0) is 19.4 Å². The first kappa shape index (κ1) is 13.3. The largest absolute Gasteiger partial charge is 0.508 e. The number of morpholine rings is 1. The molecule has 1 saturated heterocycles. The topological polar surface area (TPSA) is 32.7 Å². The van der Waals surface area contributed by atoms with Crippen molar-refractivity contribution in [3.8, 4) is 5.75 Å². The first-order chi connectivity index (χ1) is 8.63. The molecule has 3 nitrogen and oxygen atoms in total. The number of halogens is 1. The van der Waals surface area contributed by atoms with Gasteiger partial charge in [-0.1, -0.05) is 13.0 Å². The van der Waals surface area contributed by atoms with E-state index >= 15 is 0 Å². The summed E-state index contributed by atoms with van der Waals surface area (Å²) < 4.78 is 19.3. The molecular formula is C14H20FNO2. The Balaban J connectivity index is 2.20. The van der Waals surface area contributed by atoms with Crippen LogP contribution in [-0.2, 0) is 4.74 Å². The second-order valence-corrected chi connectivity index (χ2v) is 4.76. The highest BCUT2D eigenvalue weighted by molar-refractivity contribution is 5.29. The predicted octanol–water partition coefficient (Wildman–Crippen LogP) is 2.70. The summed E-state index contributed by atoms with van der Waals surface area (Å²) in [5, 5.41) is 9.25. The molecule has 0 aliphatic carbocycles. The van der Waals surface area contributed by atoms with Crippen molar-refractivity contribution in [1.29, 1.82) is 0 Å². The highest BCUT2D eigenvalue weighted by atomic mass is 19.1. The lowest BCUT2D eigenvalue weighted by atomic mass is 10.0. The molecule has 1 aliphatic heterocycles. The maximum Gasteiger partial charge on any atom is 0.131 e. The van der Waals surface area contributed by atoms with Crippen molar-refractivity contribution in [2.75, 3.05) is 19.8 Å². The van der Waals surface area contributed by atoms with E-state index in [0.29, 0.717) is 24.8 Å². The van der Waals surface area contributed by atoms with Gasteiger partial charge in [0.15, 0.2) is 0 Å². The third kappa shape index (κ3) is 2.65. The quantitative estimate of drug-likeness (QED) is 0.899. The lowest BCUT2D eigenvalue weighted by Gasteiger charge is -2.39. The van der Waals surface area contributed by atoms with Crippen LogP contribution in [0.5, 0.6) is 5.75 Å². The SMILES string of the molecule is CCC1COCCN1C(C)c1ccc(O)cc1F. The molecular weight excluding hydrogens is 233 g/mol. The zero-order valence-corrected chi connectivity index (χ0v) is 10.9. The fourth-order valence-electron chi connectivity index (χ4n) is 2.56. The maximum atomic E-state index is 13.9. The minimum atomic E-state index is -0.344. The number of phenolic OH excluding ortho intramolecular Hbond substituents is 1. The summed E-state index contributed by atoms with van der Waals surface area (Å²) in [6.07, 6.45) is 0.990. The van der Waals surface area contributed by atoms with Crippen LogP contribution in [0.4, 0.5) is 4.39 Å². The van der Waals surface area contributed by atoms with Gasteiger partial charge in [0.25, 0.3) is 0 Å². The molecule has 0 aromatic heterocycles. The summed E-state index contributed by atoms with van der Waals surface area (Å²) in [6.45, 7) is 6.34. The second kappa shape index (κ2) is 5.67. The molecule has 1 aromatic carbocycles. The van der Waals surface area contributed by atoms with Crippen molar-refractivity contribution < 1.29 is 14.2 Å². The van der Waals surface area contributed by atoms with Gasteiger partial charge in [0, 0.05) is 30.3 Å². The molecule has 0 radical (unpaired) electrons. The zero-order chi connectivity index (χ0) is 13.1. The standard InChI is InChI=1S/C14H20FNO2/c1-3-11-9-18-7-6-16(11)10(2)13-5-4-12(17)8-14(13)15/h4-5,8,10-11,17H,3,6-7,9H2,1-2H3. The Morgan fingerprint density at radius 3 is 3.00 bits per heavy atom. The summed E-state index contributed by atoms with van der Waals surface area (Å²) >= 11 is 0. The Labute approximate surface area is 107 Å². The first-order valence-corrected chi connectivity index (χ1v) is 6.45. The number of rotatable bonds is 3. The third-order valence-corrected chi connectivity index (χ3v) is 3.68. The van der Waals surface area contributed by atoms with E-state index in [1.54, 1.807) is 6.07 Å². The molecule has 100 valence electrons. The highest BCUT2D eigenvalue weighted by Gasteiger charge is 2.27. The molecule has 0 spiro atoms. The number of ether oxygens (including phenoxy) is 1. The van der Waals surface area contributed by atoms with E-state index in [9.17, 15) is 9.50 Å². The Hall–Kier alpha value is -1.13. The number of benzene rings is 1. The zero-order valence-electron chi connectivity index (χ0n) is 10.9. The third-order valence-electron chi connectivity index (χ3n) is 3.68. The average Bonchev–Trinajstić information content (AvgIpc) is 2.38. The molecule has 0 amide bonds.